The summed E-state index contributed by atoms with van der Waals surface area (Å²) in [5.41, 5.74) is 2.27. The van der Waals surface area contributed by atoms with E-state index in [1.165, 1.54) is 6.33 Å². The molecule has 8 nitrogen and oxygen atoms in total. The number of nitrogens with zero attached hydrogens (tertiary/aromatic N) is 5. The van der Waals surface area contributed by atoms with Gasteiger partial charge in [0.25, 0.3) is 5.91 Å². The Balaban J connectivity index is 1.89. The van der Waals surface area contributed by atoms with Crippen molar-refractivity contribution in [2.45, 2.75) is 39.5 Å². The average Bonchev–Trinajstić information content (AvgIpc) is 2.77. The third-order valence-electron chi connectivity index (χ3n) is 5.46. The lowest BCUT2D eigenvalue weighted by molar-refractivity contribution is 0.0325. The largest absolute Gasteiger partial charge is 0.472 e. The molecule has 0 fully saturated rings. The van der Waals surface area contributed by atoms with E-state index in [-0.39, 0.29) is 30.6 Å². The minimum atomic E-state index is -0.300. The molecule has 0 spiro atoms. The molecule has 3 rings (SSSR count). The molecule has 0 unspecified atom stereocenters. The van der Waals surface area contributed by atoms with Crippen LogP contribution in [0.2, 0.25) is 0 Å². The lowest BCUT2D eigenvalue weighted by Crippen LogP contribution is -2.49. The summed E-state index contributed by atoms with van der Waals surface area (Å²) >= 11 is 0. The summed E-state index contributed by atoms with van der Waals surface area (Å²) < 4.78 is 6.30. The lowest BCUT2D eigenvalue weighted by Gasteiger charge is -2.37. The van der Waals surface area contributed by atoms with E-state index in [2.05, 4.69) is 26.8 Å². The van der Waals surface area contributed by atoms with Crippen molar-refractivity contribution >= 4 is 12.0 Å². The summed E-state index contributed by atoms with van der Waals surface area (Å²) in [6, 6.07) is 1.51. The second kappa shape index (κ2) is 10.5. The van der Waals surface area contributed by atoms with Gasteiger partial charge in [-0.15, -0.1) is 0 Å². The normalized spacial score (nSPS) is 20.3. The van der Waals surface area contributed by atoms with E-state index in [1.54, 1.807) is 29.6 Å². The highest BCUT2D eigenvalue weighted by atomic mass is 16.5. The second-order valence-electron chi connectivity index (χ2n) is 8.19. The molecule has 0 aromatic carbocycles. The molecule has 31 heavy (non-hydrogen) atoms. The fourth-order valence-electron chi connectivity index (χ4n) is 3.71. The van der Waals surface area contributed by atoms with E-state index in [1.807, 2.05) is 33.0 Å². The quantitative estimate of drug-likeness (QED) is 0.727. The van der Waals surface area contributed by atoms with E-state index < -0.39 is 0 Å². The minimum Gasteiger partial charge on any atom is -0.472 e. The molecule has 8 heteroatoms. The second-order valence-corrected chi connectivity index (χ2v) is 8.19. The van der Waals surface area contributed by atoms with Crippen LogP contribution in [-0.2, 0) is 6.54 Å². The molecule has 0 saturated carbocycles. The predicted octanol–water partition coefficient (Wildman–Crippen LogP) is 2.26. The zero-order valence-corrected chi connectivity index (χ0v) is 18.6. The third kappa shape index (κ3) is 5.65. The van der Waals surface area contributed by atoms with Crippen LogP contribution in [0, 0.1) is 5.92 Å². The molecule has 1 amide bonds. The number of aliphatic hydroxyl groups is 1. The zero-order chi connectivity index (χ0) is 22.4. The first-order valence-electron chi connectivity index (χ1n) is 10.6. The number of hydrogen-bond donors (Lipinski definition) is 1. The van der Waals surface area contributed by atoms with Crippen molar-refractivity contribution in [2.24, 2.45) is 5.92 Å². The average molecular weight is 426 g/mol. The number of aliphatic hydroxyl groups excluding tert-OH is 1. The summed E-state index contributed by atoms with van der Waals surface area (Å²) in [5, 5.41) is 9.74. The van der Waals surface area contributed by atoms with Crippen LogP contribution in [0.15, 0.2) is 37.1 Å². The van der Waals surface area contributed by atoms with Crippen LogP contribution < -0.4 is 4.74 Å². The van der Waals surface area contributed by atoms with Crippen molar-refractivity contribution in [3.63, 3.8) is 0 Å². The van der Waals surface area contributed by atoms with Gasteiger partial charge in [0.05, 0.1) is 12.6 Å². The summed E-state index contributed by atoms with van der Waals surface area (Å²) in [5.74, 6) is 0.203. The maximum atomic E-state index is 13.3. The molecule has 1 aliphatic rings. The highest BCUT2D eigenvalue weighted by Gasteiger charge is 2.34. The Kier molecular flexibility index (Phi) is 7.70. The molecule has 1 aliphatic heterocycles. The molecule has 3 atom stereocenters. The van der Waals surface area contributed by atoms with Gasteiger partial charge in [0.2, 0.25) is 5.88 Å². The van der Waals surface area contributed by atoms with Crippen LogP contribution in [0.3, 0.4) is 0 Å². The van der Waals surface area contributed by atoms with E-state index in [0.717, 1.165) is 11.1 Å². The molecular formula is C23H31N5O3. The fourth-order valence-corrected chi connectivity index (χ4v) is 3.71. The van der Waals surface area contributed by atoms with Crippen LogP contribution in [0.4, 0.5) is 0 Å². The van der Waals surface area contributed by atoms with Gasteiger partial charge in [0, 0.05) is 49.7 Å². The van der Waals surface area contributed by atoms with Crippen LogP contribution >= 0.6 is 0 Å². The molecule has 3 heterocycles. The smallest absolute Gasteiger partial charge is 0.259 e. The molecule has 1 N–H and O–H groups in total. The van der Waals surface area contributed by atoms with E-state index in [4.69, 9.17) is 4.74 Å². The monoisotopic (exact) mass is 425 g/mol. The molecule has 2 aromatic heterocycles. The number of ether oxygens (including phenoxy) is 1. The number of hydrogen-bond acceptors (Lipinski definition) is 7. The van der Waals surface area contributed by atoms with Crippen LogP contribution in [0.1, 0.15) is 42.3 Å². The van der Waals surface area contributed by atoms with Gasteiger partial charge in [-0.3, -0.25) is 9.69 Å². The Morgan fingerprint density at radius 1 is 1.35 bits per heavy atom. The van der Waals surface area contributed by atoms with Gasteiger partial charge in [0.15, 0.2) is 0 Å². The number of likely N-dealkylation sites (N-methyl/N-ethyl adjacent to an activating group) is 1. The Hall–Kier alpha value is -2.84. The summed E-state index contributed by atoms with van der Waals surface area (Å²) in [4.78, 5) is 29.8. The van der Waals surface area contributed by atoms with Crippen LogP contribution in [0.25, 0.3) is 6.08 Å². The maximum Gasteiger partial charge on any atom is 0.259 e. The molecule has 0 aliphatic carbocycles. The van der Waals surface area contributed by atoms with Crippen LogP contribution in [-0.4, -0.2) is 74.7 Å². The summed E-state index contributed by atoms with van der Waals surface area (Å²) in [6.07, 6.45) is 10.4. The summed E-state index contributed by atoms with van der Waals surface area (Å²) in [7, 11) is 2.02. The van der Waals surface area contributed by atoms with Crippen molar-refractivity contribution in [3.05, 3.63) is 53.8 Å². The first kappa shape index (κ1) is 22.8. The van der Waals surface area contributed by atoms with Crippen molar-refractivity contribution in [3.8, 4) is 5.88 Å². The SMILES string of the molecule is C/C=C/c1cnc2c(c1)C(=O)N([C@H](C)CO)C[C@H](C)[C@H](CN(C)Cc1cncnc1)O2. The van der Waals surface area contributed by atoms with Gasteiger partial charge in [0.1, 0.15) is 18.0 Å². The van der Waals surface area contributed by atoms with Crippen molar-refractivity contribution in [1.82, 2.24) is 24.8 Å². The predicted molar refractivity (Wildman–Crippen MR) is 118 cm³/mol. The van der Waals surface area contributed by atoms with Gasteiger partial charge in [-0.05, 0) is 32.5 Å². The molecule has 0 bridgehead atoms. The highest BCUT2D eigenvalue weighted by molar-refractivity contribution is 5.97. The van der Waals surface area contributed by atoms with Crippen LogP contribution in [0.5, 0.6) is 5.88 Å². The maximum absolute atomic E-state index is 13.3. The molecule has 0 saturated heterocycles. The van der Waals surface area contributed by atoms with Gasteiger partial charge in [-0.2, -0.15) is 0 Å². The van der Waals surface area contributed by atoms with Gasteiger partial charge >= 0.3 is 0 Å². The number of carbonyl (C=O) groups excluding carboxylic acids is 1. The first-order chi connectivity index (χ1) is 14.9. The Bertz CT molecular complexity index is 905. The molecular weight excluding hydrogens is 394 g/mol. The third-order valence-corrected chi connectivity index (χ3v) is 5.46. The first-order valence-corrected chi connectivity index (χ1v) is 10.6. The number of pyridine rings is 1. The Labute approximate surface area is 183 Å². The lowest BCUT2D eigenvalue weighted by atomic mass is 9.99. The zero-order valence-electron chi connectivity index (χ0n) is 18.6. The fraction of sp³-hybridized carbons (Fsp3) is 0.478. The van der Waals surface area contributed by atoms with E-state index in [9.17, 15) is 9.90 Å². The Morgan fingerprint density at radius 3 is 2.77 bits per heavy atom. The highest BCUT2D eigenvalue weighted by Crippen LogP contribution is 2.27. The number of aromatic nitrogens is 3. The molecule has 166 valence electrons. The number of amides is 1. The van der Waals surface area contributed by atoms with Crippen molar-refractivity contribution in [1.29, 1.82) is 0 Å². The van der Waals surface area contributed by atoms with Crippen molar-refractivity contribution < 1.29 is 14.6 Å². The summed E-state index contributed by atoms with van der Waals surface area (Å²) in [6.45, 7) is 7.55. The number of rotatable bonds is 7. The van der Waals surface area contributed by atoms with Crippen molar-refractivity contribution in [2.75, 3.05) is 26.7 Å². The molecule has 0 radical (unpaired) electrons. The van der Waals surface area contributed by atoms with Gasteiger partial charge in [-0.1, -0.05) is 19.1 Å². The number of allylic oxidation sites excluding steroid dienone is 1. The van der Waals surface area contributed by atoms with Gasteiger partial charge in [-0.25, -0.2) is 15.0 Å². The van der Waals surface area contributed by atoms with E-state index >= 15 is 0 Å². The standard InChI is InChI=1S/C23H31N5O3/c1-5-6-18-7-20-22(26-10-18)31-21(13-27(4)12-19-8-24-15-25-9-19)16(2)11-28(23(20)30)17(3)14-29/h5-10,15-17,21,29H,11-14H2,1-4H3/b6-5+/t16-,17+,21-/m0/s1. The number of fused-ring (bicyclic) bond motifs is 1. The van der Waals surface area contributed by atoms with E-state index in [0.29, 0.717) is 31.1 Å². The topological polar surface area (TPSA) is 91.7 Å². The van der Waals surface area contributed by atoms with Gasteiger partial charge < -0.3 is 14.7 Å². The number of carbonyl (C=O) groups is 1. The Morgan fingerprint density at radius 2 is 2.10 bits per heavy atom. The molecule has 2 aromatic rings. The minimum absolute atomic E-state index is 0.0394.